The minimum atomic E-state index is -0.536. The lowest BCUT2D eigenvalue weighted by molar-refractivity contribution is -0.384. The average molecular weight is 338 g/mol. The van der Waals surface area contributed by atoms with Gasteiger partial charge in [-0.25, -0.2) is 4.90 Å². The van der Waals surface area contributed by atoms with Crippen LogP contribution in [0.2, 0.25) is 0 Å². The Bertz CT molecular complexity index is 861. The van der Waals surface area contributed by atoms with Crippen LogP contribution >= 0.6 is 0 Å². The molecule has 1 saturated heterocycles. The number of carbonyl (C=O) groups excluding carboxylic acids is 2. The zero-order valence-electron chi connectivity index (χ0n) is 14.2. The summed E-state index contributed by atoms with van der Waals surface area (Å²) in [7, 11) is 0. The van der Waals surface area contributed by atoms with Gasteiger partial charge in [0.2, 0.25) is 11.8 Å². The van der Waals surface area contributed by atoms with Crippen LogP contribution in [-0.2, 0) is 9.59 Å². The number of fused-ring (bicyclic) bond motifs is 5. The summed E-state index contributed by atoms with van der Waals surface area (Å²) in [6, 6.07) is 4.59. The third-order valence-electron chi connectivity index (χ3n) is 5.56. The Labute approximate surface area is 145 Å². The molecule has 25 heavy (non-hydrogen) atoms. The highest BCUT2D eigenvalue weighted by Crippen LogP contribution is 2.57. The zero-order valence-corrected chi connectivity index (χ0v) is 14.2. The summed E-state index contributed by atoms with van der Waals surface area (Å²) in [4.78, 5) is 38.0. The van der Waals surface area contributed by atoms with Gasteiger partial charge in [-0.3, -0.25) is 19.7 Å². The monoisotopic (exact) mass is 338 g/mol. The van der Waals surface area contributed by atoms with Crippen molar-refractivity contribution < 1.29 is 14.5 Å². The Morgan fingerprint density at radius 1 is 1.08 bits per heavy atom. The van der Waals surface area contributed by atoms with Crippen molar-refractivity contribution in [2.24, 2.45) is 23.7 Å². The number of nitrogens with zero attached hydrogens (tertiary/aromatic N) is 2. The fourth-order valence-corrected chi connectivity index (χ4v) is 4.64. The van der Waals surface area contributed by atoms with Crippen LogP contribution in [0, 0.1) is 40.7 Å². The number of hydrogen-bond donors (Lipinski definition) is 0. The molecule has 1 saturated carbocycles. The first-order chi connectivity index (χ1) is 11.8. The summed E-state index contributed by atoms with van der Waals surface area (Å²) >= 11 is 0. The smallest absolute Gasteiger partial charge is 0.274 e. The molecular weight excluding hydrogens is 320 g/mol. The summed E-state index contributed by atoms with van der Waals surface area (Å²) in [5, 5.41) is 11.4. The van der Waals surface area contributed by atoms with Gasteiger partial charge in [0.25, 0.3) is 5.69 Å². The van der Waals surface area contributed by atoms with Crippen molar-refractivity contribution in [3.05, 3.63) is 57.2 Å². The van der Waals surface area contributed by atoms with Crippen molar-refractivity contribution in [1.82, 2.24) is 0 Å². The first-order valence-corrected chi connectivity index (χ1v) is 8.31. The molecule has 1 aromatic rings. The molecule has 0 unspecified atom stereocenters. The minimum absolute atomic E-state index is 0.0639. The molecule has 1 aromatic carbocycles. The van der Waals surface area contributed by atoms with Gasteiger partial charge in [0.1, 0.15) is 5.69 Å². The van der Waals surface area contributed by atoms with Crippen molar-refractivity contribution in [2.75, 3.05) is 4.90 Å². The molecule has 6 heteroatoms. The van der Waals surface area contributed by atoms with Crippen LogP contribution < -0.4 is 4.90 Å². The van der Waals surface area contributed by atoms with Crippen LogP contribution in [0.15, 0.2) is 41.5 Å². The summed E-state index contributed by atoms with van der Waals surface area (Å²) in [5.41, 5.74) is 2.89. The van der Waals surface area contributed by atoms with Crippen LogP contribution in [0.5, 0.6) is 0 Å². The Kier molecular flexibility index (Phi) is 3.22. The molecule has 0 N–H and O–H groups in total. The van der Waals surface area contributed by atoms with E-state index in [-0.39, 0.29) is 35.0 Å². The van der Waals surface area contributed by atoms with Gasteiger partial charge in [-0.05, 0) is 32.4 Å². The molecule has 0 spiro atoms. The van der Waals surface area contributed by atoms with E-state index >= 15 is 0 Å². The minimum Gasteiger partial charge on any atom is -0.274 e. The maximum atomic E-state index is 13.0. The van der Waals surface area contributed by atoms with Gasteiger partial charge >= 0.3 is 0 Å². The largest absolute Gasteiger partial charge is 0.293 e. The van der Waals surface area contributed by atoms with Crippen LogP contribution in [-0.4, -0.2) is 16.7 Å². The molecule has 128 valence electrons. The molecule has 2 aliphatic carbocycles. The van der Waals surface area contributed by atoms with Gasteiger partial charge in [0.15, 0.2) is 0 Å². The van der Waals surface area contributed by atoms with Crippen LogP contribution in [0.1, 0.15) is 19.4 Å². The predicted octanol–water partition coefficient (Wildman–Crippen LogP) is 3.16. The van der Waals surface area contributed by atoms with E-state index < -0.39 is 16.8 Å². The molecule has 1 heterocycles. The van der Waals surface area contributed by atoms with Crippen LogP contribution in [0.4, 0.5) is 11.4 Å². The predicted molar refractivity (Wildman–Crippen MR) is 91.8 cm³/mol. The Balaban J connectivity index is 1.81. The van der Waals surface area contributed by atoms with Gasteiger partial charge in [-0.15, -0.1) is 0 Å². The lowest BCUT2D eigenvalue weighted by Crippen LogP contribution is -2.33. The normalized spacial score (nSPS) is 29.6. The average Bonchev–Trinajstić information content (AvgIpc) is 3.18. The van der Waals surface area contributed by atoms with Gasteiger partial charge in [-0.2, -0.15) is 0 Å². The number of imide groups is 1. The SMILES string of the molecule is CC(C)=C1[C@H]2C=C[C@@H]1[C@H]1C(=O)N(c3ccc(C)cc3[N+](=O)[O-])C(=O)[C@H]12. The van der Waals surface area contributed by atoms with E-state index in [0.717, 1.165) is 16.0 Å². The summed E-state index contributed by atoms with van der Waals surface area (Å²) in [6.45, 7) is 5.74. The summed E-state index contributed by atoms with van der Waals surface area (Å²) in [5.74, 6) is -1.64. The Morgan fingerprint density at radius 2 is 1.64 bits per heavy atom. The van der Waals surface area contributed by atoms with Gasteiger partial charge < -0.3 is 0 Å². The first kappa shape index (κ1) is 15.7. The highest BCUT2D eigenvalue weighted by Gasteiger charge is 2.62. The number of benzene rings is 1. The number of rotatable bonds is 2. The Morgan fingerprint density at radius 3 is 2.12 bits per heavy atom. The summed E-state index contributed by atoms with van der Waals surface area (Å²) in [6.07, 6.45) is 4.01. The number of hydrogen-bond acceptors (Lipinski definition) is 4. The fourth-order valence-electron chi connectivity index (χ4n) is 4.64. The maximum Gasteiger partial charge on any atom is 0.293 e. The standard InChI is InChI=1S/C19H18N2O4/c1-9(2)15-11-5-6-12(15)17-16(11)18(22)20(19(17)23)13-7-4-10(3)8-14(13)21(24)25/h4-8,11-12,16-17H,1-3H3/t11-,12+,16+,17-. The van der Waals surface area contributed by atoms with Crippen molar-refractivity contribution in [2.45, 2.75) is 20.8 Å². The maximum absolute atomic E-state index is 13.0. The molecule has 0 aromatic heterocycles. The second kappa shape index (κ2) is 5.12. The number of allylic oxidation sites excluding steroid dienone is 4. The molecule has 1 aliphatic heterocycles. The number of carbonyl (C=O) groups is 2. The van der Waals surface area contributed by atoms with Crippen molar-refractivity contribution in [3.8, 4) is 0 Å². The van der Waals surface area contributed by atoms with Crippen LogP contribution in [0.3, 0.4) is 0 Å². The van der Waals surface area contributed by atoms with E-state index in [1.165, 1.54) is 12.1 Å². The molecule has 4 atom stereocenters. The lowest BCUT2D eigenvalue weighted by Gasteiger charge is -2.19. The van der Waals surface area contributed by atoms with Gasteiger partial charge in [0.05, 0.1) is 16.8 Å². The van der Waals surface area contributed by atoms with Gasteiger partial charge in [-0.1, -0.05) is 29.4 Å². The molecule has 0 radical (unpaired) electrons. The highest BCUT2D eigenvalue weighted by molar-refractivity contribution is 6.24. The fraction of sp³-hybridized carbons (Fsp3) is 0.368. The van der Waals surface area contributed by atoms with Crippen molar-refractivity contribution >= 4 is 23.2 Å². The third-order valence-corrected chi connectivity index (χ3v) is 5.56. The molecular formula is C19H18N2O4. The number of amides is 2. The van der Waals surface area contributed by atoms with E-state index in [0.29, 0.717) is 5.56 Å². The summed E-state index contributed by atoms with van der Waals surface area (Å²) < 4.78 is 0. The van der Waals surface area contributed by atoms with Crippen molar-refractivity contribution in [1.29, 1.82) is 0 Å². The molecule has 2 amide bonds. The molecule has 4 rings (SSSR count). The quantitative estimate of drug-likeness (QED) is 0.359. The van der Waals surface area contributed by atoms with Gasteiger partial charge in [0, 0.05) is 17.9 Å². The molecule has 3 aliphatic rings. The first-order valence-electron chi connectivity index (χ1n) is 8.31. The lowest BCUT2D eigenvalue weighted by atomic mass is 9.85. The van der Waals surface area contributed by atoms with E-state index in [9.17, 15) is 19.7 Å². The molecule has 2 fully saturated rings. The zero-order chi connectivity index (χ0) is 18.0. The van der Waals surface area contributed by atoms with E-state index in [2.05, 4.69) is 0 Å². The number of anilines is 1. The number of nitro groups is 1. The third kappa shape index (κ3) is 1.97. The number of aryl methyl sites for hydroxylation is 1. The number of nitro benzene ring substituents is 1. The van der Waals surface area contributed by atoms with Crippen molar-refractivity contribution in [3.63, 3.8) is 0 Å². The molecule has 2 bridgehead atoms. The second-order valence-corrected chi connectivity index (χ2v) is 7.20. The van der Waals surface area contributed by atoms with Crippen LogP contribution in [0.25, 0.3) is 0 Å². The van der Waals surface area contributed by atoms with E-state index in [1.807, 2.05) is 26.0 Å². The van der Waals surface area contributed by atoms with E-state index in [1.54, 1.807) is 13.0 Å². The highest BCUT2D eigenvalue weighted by atomic mass is 16.6. The topological polar surface area (TPSA) is 80.5 Å². The Hall–Kier alpha value is -2.76. The van der Waals surface area contributed by atoms with E-state index in [4.69, 9.17) is 0 Å². The molecule has 6 nitrogen and oxygen atoms in total. The second-order valence-electron chi connectivity index (χ2n) is 7.20.